The molecule has 0 heterocycles. The van der Waals surface area contributed by atoms with E-state index in [-0.39, 0.29) is 11.8 Å². The molecule has 0 bridgehead atoms. The van der Waals surface area contributed by atoms with Crippen LogP contribution in [-0.2, 0) is 16.6 Å². The van der Waals surface area contributed by atoms with Crippen LogP contribution in [0.4, 0.5) is 0 Å². The number of carbonyl (C=O) groups is 1. The largest absolute Gasteiger partial charge is 0.496 e. The van der Waals surface area contributed by atoms with Gasteiger partial charge in [0.25, 0.3) is 0 Å². The molecule has 1 saturated carbocycles. The molecular formula is C20H30O3. The van der Waals surface area contributed by atoms with Crippen molar-refractivity contribution in [1.82, 2.24) is 0 Å². The summed E-state index contributed by atoms with van der Waals surface area (Å²) in [6.45, 7) is 6.57. The highest BCUT2D eigenvalue weighted by Crippen LogP contribution is 2.43. The third-order valence-electron chi connectivity index (χ3n) is 4.86. The summed E-state index contributed by atoms with van der Waals surface area (Å²) >= 11 is 0. The maximum Gasteiger partial charge on any atom is 0.303 e. The minimum Gasteiger partial charge on any atom is -0.496 e. The second-order valence-corrected chi connectivity index (χ2v) is 7.74. The van der Waals surface area contributed by atoms with Crippen LogP contribution in [0.15, 0.2) is 12.1 Å². The van der Waals surface area contributed by atoms with Crippen molar-refractivity contribution >= 4 is 5.97 Å². The zero-order valence-corrected chi connectivity index (χ0v) is 14.9. The lowest BCUT2D eigenvalue weighted by Gasteiger charge is -2.29. The molecule has 2 rings (SSSR count). The first-order chi connectivity index (χ1) is 10.8. The molecule has 1 aromatic carbocycles. The van der Waals surface area contributed by atoms with E-state index in [4.69, 9.17) is 9.84 Å². The molecular weight excluding hydrogens is 288 g/mol. The average Bonchev–Trinajstić information content (AvgIpc) is 2.52. The molecule has 1 aromatic rings. The first-order valence-corrected chi connectivity index (χ1v) is 8.76. The number of aliphatic carboxylic acids is 1. The first-order valence-electron chi connectivity index (χ1n) is 8.76. The standard InChI is InChI=1S/C20H30O3/c1-20(2,3)17-13-14(10-11-18(21)22)12-16(19(17)23-4)15-8-6-5-7-9-15/h12-13,15H,5-11H2,1-4H3,(H,21,22). The zero-order valence-electron chi connectivity index (χ0n) is 14.9. The Morgan fingerprint density at radius 1 is 1.22 bits per heavy atom. The van der Waals surface area contributed by atoms with Crippen LogP contribution < -0.4 is 4.74 Å². The van der Waals surface area contributed by atoms with Gasteiger partial charge < -0.3 is 9.84 Å². The van der Waals surface area contributed by atoms with Crippen molar-refractivity contribution in [3.63, 3.8) is 0 Å². The van der Waals surface area contributed by atoms with Crippen LogP contribution in [-0.4, -0.2) is 18.2 Å². The fraction of sp³-hybridized carbons (Fsp3) is 0.650. The Balaban J connectivity index is 2.47. The van der Waals surface area contributed by atoms with E-state index in [2.05, 4.69) is 32.9 Å². The average molecular weight is 318 g/mol. The summed E-state index contributed by atoms with van der Waals surface area (Å²) < 4.78 is 5.82. The van der Waals surface area contributed by atoms with E-state index in [9.17, 15) is 4.79 Å². The van der Waals surface area contributed by atoms with Crippen LogP contribution >= 0.6 is 0 Å². The van der Waals surface area contributed by atoms with Crippen LogP contribution in [0.25, 0.3) is 0 Å². The second-order valence-electron chi connectivity index (χ2n) is 7.74. The number of methoxy groups -OCH3 is 1. The highest BCUT2D eigenvalue weighted by Gasteiger charge is 2.26. The molecule has 1 aliphatic rings. The van der Waals surface area contributed by atoms with Gasteiger partial charge in [0.2, 0.25) is 0 Å². The lowest BCUT2D eigenvalue weighted by molar-refractivity contribution is -0.136. The van der Waals surface area contributed by atoms with E-state index in [0.717, 1.165) is 11.3 Å². The molecule has 3 nitrogen and oxygen atoms in total. The topological polar surface area (TPSA) is 46.5 Å². The van der Waals surface area contributed by atoms with Gasteiger partial charge in [-0.05, 0) is 41.7 Å². The van der Waals surface area contributed by atoms with E-state index in [1.807, 2.05) is 0 Å². The quantitative estimate of drug-likeness (QED) is 0.825. The SMILES string of the molecule is COc1c(C2CCCCC2)cc(CCC(=O)O)cc1C(C)(C)C. The van der Waals surface area contributed by atoms with Crippen molar-refractivity contribution in [1.29, 1.82) is 0 Å². The number of rotatable bonds is 5. The molecule has 128 valence electrons. The van der Waals surface area contributed by atoms with Crippen molar-refractivity contribution in [3.05, 3.63) is 28.8 Å². The lowest BCUT2D eigenvalue weighted by Crippen LogP contribution is -2.17. The number of ether oxygens (including phenoxy) is 1. The summed E-state index contributed by atoms with van der Waals surface area (Å²) in [5, 5.41) is 9.00. The Bertz CT molecular complexity index is 549. The summed E-state index contributed by atoms with van der Waals surface area (Å²) in [7, 11) is 1.76. The third-order valence-corrected chi connectivity index (χ3v) is 4.86. The monoisotopic (exact) mass is 318 g/mol. The molecule has 3 heteroatoms. The maximum absolute atomic E-state index is 10.9. The molecule has 0 amide bonds. The molecule has 0 aliphatic heterocycles. The molecule has 1 aliphatic carbocycles. The molecule has 23 heavy (non-hydrogen) atoms. The summed E-state index contributed by atoms with van der Waals surface area (Å²) in [4.78, 5) is 10.9. The van der Waals surface area contributed by atoms with Crippen LogP contribution in [0.5, 0.6) is 5.75 Å². The molecule has 0 radical (unpaired) electrons. The Hall–Kier alpha value is -1.51. The number of aryl methyl sites for hydroxylation is 1. The molecule has 0 saturated heterocycles. The van der Waals surface area contributed by atoms with Crippen molar-refractivity contribution in [2.75, 3.05) is 7.11 Å². The smallest absolute Gasteiger partial charge is 0.303 e. The van der Waals surface area contributed by atoms with Gasteiger partial charge in [-0.1, -0.05) is 52.2 Å². The van der Waals surface area contributed by atoms with Gasteiger partial charge in [-0.2, -0.15) is 0 Å². The molecule has 1 N–H and O–H groups in total. The van der Waals surface area contributed by atoms with Crippen molar-refractivity contribution < 1.29 is 14.6 Å². The van der Waals surface area contributed by atoms with E-state index in [1.54, 1.807) is 7.11 Å². The number of carboxylic acids is 1. The summed E-state index contributed by atoms with van der Waals surface area (Å²) in [5.74, 6) is 0.824. The summed E-state index contributed by atoms with van der Waals surface area (Å²) in [6.07, 6.45) is 7.06. The normalized spacial score (nSPS) is 16.3. The fourth-order valence-corrected chi connectivity index (χ4v) is 3.61. The van der Waals surface area contributed by atoms with Crippen LogP contribution in [0.3, 0.4) is 0 Å². The van der Waals surface area contributed by atoms with Crippen LogP contribution in [0.2, 0.25) is 0 Å². The predicted molar refractivity (Wildman–Crippen MR) is 93.5 cm³/mol. The van der Waals surface area contributed by atoms with Gasteiger partial charge in [0.05, 0.1) is 7.11 Å². The third kappa shape index (κ3) is 4.49. The lowest BCUT2D eigenvalue weighted by atomic mass is 9.78. The fourth-order valence-electron chi connectivity index (χ4n) is 3.61. The Morgan fingerprint density at radius 2 is 1.87 bits per heavy atom. The van der Waals surface area contributed by atoms with Gasteiger partial charge in [0.1, 0.15) is 5.75 Å². The van der Waals surface area contributed by atoms with Crippen molar-refractivity contribution in [3.8, 4) is 5.75 Å². The van der Waals surface area contributed by atoms with Crippen molar-refractivity contribution in [2.45, 2.75) is 77.0 Å². The summed E-state index contributed by atoms with van der Waals surface area (Å²) in [6, 6.07) is 4.35. The molecule has 0 unspecified atom stereocenters. The van der Waals surface area contributed by atoms with E-state index < -0.39 is 5.97 Å². The van der Waals surface area contributed by atoms with Gasteiger partial charge in [-0.3, -0.25) is 4.79 Å². The predicted octanol–water partition coefficient (Wildman–Crippen LogP) is 5.06. The molecule has 1 fully saturated rings. The first kappa shape index (κ1) is 17.8. The van der Waals surface area contributed by atoms with Gasteiger partial charge in [0, 0.05) is 12.0 Å². The molecule has 0 aromatic heterocycles. The van der Waals surface area contributed by atoms with Gasteiger partial charge in [-0.25, -0.2) is 0 Å². The van der Waals surface area contributed by atoms with E-state index in [0.29, 0.717) is 12.3 Å². The number of hydrogen-bond donors (Lipinski definition) is 1. The minimum absolute atomic E-state index is 0.0198. The molecule has 0 atom stereocenters. The molecule has 0 spiro atoms. The zero-order chi connectivity index (χ0) is 17.0. The Kier molecular flexibility index (Phi) is 5.72. The van der Waals surface area contributed by atoms with Crippen LogP contribution in [0.1, 0.15) is 81.9 Å². The second kappa shape index (κ2) is 7.37. The highest BCUT2D eigenvalue weighted by molar-refractivity contribution is 5.67. The minimum atomic E-state index is -0.739. The van der Waals surface area contributed by atoms with Crippen LogP contribution in [0, 0.1) is 0 Å². The number of benzene rings is 1. The number of hydrogen-bond acceptors (Lipinski definition) is 2. The van der Waals surface area contributed by atoms with E-state index >= 15 is 0 Å². The van der Waals surface area contributed by atoms with E-state index in [1.165, 1.54) is 43.2 Å². The number of carboxylic acid groups (broad SMARTS) is 1. The highest BCUT2D eigenvalue weighted by atomic mass is 16.5. The Morgan fingerprint density at radius 3 is 2.39 bits per heavy atom. The van der Waals surface area contributed by atoms with Gasteiger partial charge in [0.15, 0.2) is 0 Å². The summed E-state index contributed by atoms with van der Waals surface area (Å²) in [5.41, 5.74) is 3.59. The Labute approximate surface area is 140 Å². The van der Waals surface area contributed by atoms with Crippen molar-refractivity contribution in [2.24, 2.45) is 0 Å². The van der Waals surface area contributed by atoms with Gasteiger partial charge in [-0.15, -0.1) is 0 Å². The maximum atomic E-state index is 10.9. The van der Waals surface area contributed by atoms with Gasteiger partial charge >= 0.3 is 5.97 Å².